The normalized spacial score (nSPS) is 11.3. The minimum atomic E-state index is 0.487. The fraction of sp³-hybridized carbons (Fsp3) is 0.250. The van der Waals surface area contributed by atoms with Crippen LogP contribution >= 0.6 is 0 Å². The summed E-state index contributed by atoms with van der Waals surface area (Å²) >= 11 is 0. The first-order valence-electron chi connectivity index (χ1n) is 6.27. The summed E-state index contributed by atoms with van der Waals surface area (Å²) in [6.07, 6.45) is 0. The third-order valence-corrected chi connectivity index (χ3v) is 2.80. The summed E-state index contributed by atoms with van der Waals surface area (Å²) in [6, 6.07) is 20.3. The van der Waals surface area contributed by atoms with Crippen LogP contribution in [0, 0.1) is 0 Å². The van der Waals surface area contributed by atoms with Crippen molar-refractivity contribution in [1.29, 1.82) is 0 Å². The zero-order chi connectivity index (χ0) is 13.2. The van der Waals surface area contributed by atoms with Gasteiger partial charge in [0.2, 0.25) is 0 Å². The molecule has 0 fully saturated rings. The van der Waals surface area contributed by atoms with Gasteiger partial charge in [-0.1, -0.05) is 67.6 Å². The fourth-order valence-corrected chi connectivity index (χ4v) is 1.53. The molecule has 0 aliphatic rings. The second kappa shape index (κ2) is 8.45. The lowest BCUT2D eigenvalue weighted by atomic mass is 10.0. The molecule has 0 aromatic heterocycles. The summed E-state index contributed by atoms with van der Waals surface area (Å²) in [7, 11) is 0. The van der Waals surface area contributed by atoms with E-state index in [1.807, 2.05) is 48.5 Å². The summed E-state index contributed by atoms with van der Waals surface area (Å²) in [5.41, 5.74) is 13.4. The molecule has 0 aliphatic carbocycles. The van der Waals surface area contributed by atoms with E-state index in [1.165, 1.54) is 11.1 Å². The first kappa shape index (κ1) is 14.4. The summed E-state index contributed by atoms with van der Waals surface area (Å²) in [5.74, 6) is 0.487. The van der Waals surface area contributed by atoms with Gasteiger partial charge >= 0.3 is 0 Å². The standard InChI is InChI=1S/C9H13N.C7H9N/c1-8(7-10)9-5-3-2-4-6-9;8-6-7-4-2-1-3-5-7/h2-6,8H,7,10H2,1H3;1-5H,6,8H2. The molecule has 4 N–H and O–H groups in total. The third kappa shape index (κ3) is 5.13. The van der Waals surface area contributed by atoms with Gasteiger partial charge in [-0.3, -0.25) is 0 Å². The Balaban J connectivity index is 0.000000184. The summed E-state index contributed by atoms with van der Waals surface area (Å²) in [6.45, 7) is 3.50. The minimum absolute atomic E-state index is 0.487. The molecule has 0 bridgehead atoms. The molecular weight excluding hydrogens is 220 g/mol. The highest BCUT2D eigenvalue weighted by Crippen LogP contribution is 2.11. The lowest BCUT2D eigenvalue weighted by molar-refractivity contribution is 0.774. The number of benzene rings is 2. The third-order valence-electron chi connectivity index (χ3n) is 2.80. The molecular formula is C16H22N2. The van der Waals surface area contributed by atoms with Crippen molar-refractivity contribution in [3.05, 3.63) is 71.8 Å². The Labute approximate surface area is 110 Å². The molecule has 1 atom stereocenters. The maximum absolute atomic E-state index is 5.50. The molecule has 0 heterocycles. The maximum Gasteiger partial charge on any atom is 0.0178 e. The van der Waals surface area contributed by atoms with Gasteiger partial charge < -0.3 is 11.5 Å². The van der Waals surface area contributed by atoms with Crippen molar-refractivity contribution < 1.29 is 0 Å². The average molecular weight is 242 g/mol. The van der Waals surface area contributed by atoms with E-state index in [0.717, 1.165) is 6.54 Å². The van der Waals surface area contributed by atoms with E-state index in [9.17, 15) is 0 Å². The van der Waals surface area contributed by atoms with Crippen LogP contribution in [0.5, 0.6) is 0 Å². The highest BCUT2D eigenvalue weighted by Gasteiger charge is 1.99. The Morgan fingerprint density at radius 2 is 1.33 bits per heavy atom. The first-order chi connectivity index (χ1) is 8.77. The van der Waals surface area contributed by atoms with Crippen LogP contribution < -0.4 is 11.5 Å². The molecule has 2 heteroatoms. The predicted molar refractivity (Wildman–Crippen MR) is 78.2 cm³/mol. The van der Waals surface area contributed by atoms with E-state index >= 15 is 0 Å². The van der Waals surface area contributed by atoms with Crippen molar-refractivity contribution in [2.45, 2.75) is 19.4 Å². The van der Waals surface area contributed by atoms with E-state index in [-0.39, 0.29) is 0 Å². The highest BCUT2D eigenvalue weighted by molar-refractivity contribution is 5.18. The zero-order valence-corrected chi connectivity index (χ0v) is 10.9. The van der Waals surface area contributed by atoms with Crippen LogP contribution in [0.15, 0.2) is 60.7 Å². The Morgan fingerprint density at radius 3 is 1.72 bits per heavy atom. The lowest BCUT2D eigenvalue weighted by Crippen LogP contribution is -2.08. The molecule has 0 spiro atoms. The summed E-state index contributed by atoms with van der Waals surface area (Å²) in [4.78, 5) is 0. The lowest BCUT2D eigenvalue weighted by Gasteiger charge is -2.06. The summed E-state index contributed by atoms with van der Waals surface area (Å²) < 4.78 is 0. The highest BCUT2D eigenvalue weighted by atomic mass is 14.5. The van der Waals surface area contributed by atoms with Crippen LogP contribution in [0.4, 0.5) is 0 Å². The van der Waals surface area contributed by atoms with Gasteiger partial charge in [-0.05, 0) is 23.6 Å². The SMILES string of the molecule is CC(CN)c1ccccc1.NCc1ccccc1. The molecule has 2 nitrogen and oxygen atoms in total. The first-order valence-corrected chi connectivity index (χ1v) is 6.27. The Bertz CT molecular complexity index is 412. The van der Waals surface area contributed by atoms with Crippen molar-refractivity contribution in [3.63, 3.8) is 0 Å². The van der Waals surface area contributed by atoms with Crippen molar-refractivity contribution in [2.24, 2.45) is 11.5 Å². The van der Waals surface area contributed by atoms with Gasteiger partial charge in [-0.25, -0.2) is 0 Å². The van der Waals surface area contributed by atoms with E-state index < -0.39 is 0 Å². The van der Waals surface area contributed by atoms with E-state index in [1.54, 1.807) is 0 Å². The average Bonchev–Trinajstić information content (AvgIpc) is 2.49. The topological polar surface area (TPSA) is 52.0 Å². The van der Waals surface area contributed by atoms with Crippen LogP contribution in [0.3, 0.4) is 0 Å². The van der Waals surface area contributed by atoms with Crippen molar-refractivity contribution in [1.82, 2.24) is 0 Å². The van der Waals surface area contributed by atoms with Crippen LogP contribution in [-0.4, -0.2) is 6.54 Å². The number of rotatable bonds is 3. The molecule has 2 aromatic rings. The van der Waals surface area contributed by atoms with Gasteiger partial charge in [0.25, 0.3) is 0 Å². The predicted octanol–water partition coefficient (Wildman–Crippen LogP) is 2.89. The minimum Gasteiger partial charge on any atom is -0.330 e. The Kier molecular flexibility index (Phi) is 6.77. The van der Waals surface area contributed by atoms with Crippen LogP contribution in [0.1, 0.15) is 24.0 Å². The second-order valence-electron chi connectivity index (χ2n) is 4.24. The van der Waals surface area contributed by atoms with Crippen LogP contribution in [-0.2, 0) is 6.54 Å². The van der Waals surface area contributed by atoms with Crippen molar-refractivity contribution in [3.8, 4) is 0 Å². The van der Waals surface area contributed by atoms with E-state index in [2.05, 4.69) is 19.1 Å². The number of nitrogens with two attached hydrogens (primary N) is 2. The monoisotopic (exact) mass is 242 g/mol. The van der Waals surface area contributed by atoms with Gasteiger partial charge in [-0.2, -0.15) is 0 Å². The Hall–Kier alpha value is -1.64. The molecule has 0 aliphatic heterocycles. The van der Waals surface area contributed by atoms with Crippen molar-refractivity contribution in [2.75, 3.05) is 6.54 Å². The molecule has 0 saturated heterocycles. The van der Waals surface area contributed by atoms with Crippen molar-refractivity contribution >= 4 is 0 Å². The van der Waals surface area contributed by atoms with Crippen LogP contribution in [0.25, 0.3) is 0 Å². The molecule has 0 saturated carbocycles. The largest absolute Gasteiger partial charge is 0.330 e. The van der Waals surface area contributed by atoms with Gasteiger partial charge in [0.15, 0.2) is 0 Å². The van der Waals surface area contributed by atoms with Gasteiger partial charge in [0.1, 0.15) is 0 Å². The molecule has 0 radical (unpaired) electrons. The smallest absolute Gasteiger partial charge is 0.0178 e. The van der Waals surface area contributed by atoms with Gasteiger partial charge in [0.05, 0.1) is 0 Å². The molecule has 2 aromatic carbocycles. The molecule has 0 amide bonds. The molecule has 96 valence electrons. The molecule has 2 rings (SSSR count). The molecule has 1 unspecified atom stereocenters. The van der Waals surface area contributed by atoms with E-state index in [0.29, 0.717) is 12.5 Å². The number of hydrogen-bond donors (Lipinski definition) is 2. The number of hydrogen-bond acceptors (Lipinski definition) is 2. The van der Waals surface area contributed by atoms with Crippen LogP contribution in [0.2, 0.25) is 0 Å². The van der Waals surface area contributed by atoms with Gasteiger partial charge in [-0.15, -0.1) is 0 Å². The molecule has 18 heavy (non-hydrogen) atoms. The zero-order valence-electron chi connectivity index (χ0n) is 10.9. The van der Waals surface area contributed by atoms with Gasteiger partial charge in [0, 0.05) is 6.54 Å². The fourth-order valence-electron chi connectivity index (χ4n) is 1.53. The Morgan fingerprint density at radius 1 is 0.833 bits per heavy atom. The quantitative estimate of drug-likeness (QED) is 0.869. The van der Waals surface area contributed by atoms with E-state index in [4.69, 9.17) is 11.5 Å². The second-order valence-corrected chi connectivity index (χ2v) is 4.24. The summed E-state index contributed by atoms with van der Waals surface area (Å²) in [5, 5.41) is 0. The maximum atomic E-state index is 5.50.